The fraction of sp³-hybridized carbons (Fsp3) is 0.0968. The first-order valence-corrected chi connectivity index (χ1v) is 13.6. The lowest BCUT2D eigenvalue weighted by Gasteiger charge is -2.18. The molecule has 0 saturated heterocycles. The van der Waals surface area contributed by atoms with Crippen molar-refractivity contribution in [1.29, 1.82) is 5.26 Å². The third-order valence-electron chi connectivity index (χ3n) is 6.50. The van der Waals surface area contributed by atoms with Crippen molar-refractivity contribution in [2.75, 3.05) is 12.4 Å². The average Bonchev–Trinajstić information content (AvgIpc) is 3.59. The maximum atomic E-state index is 13.3. The summed E-state index contributed by atoms with van der Waals surface area (Å²) in [5.74, 6) is -0.389. The Morgan fingerprint density at radius 3 is 2.57 bits per heavy atom. The molecular formula is C31H24ClN9O3. The van der Waals surface area contributed by atoms with E-state index in [2.05, 4.69) is 47.2 Å². The van der Waals surface area contributed by atoms with Gasteiger partial charge in [-0.1, -0.05) is 54.1 Å². The van der Waals surface area contributed by atoms with Gasteiger partial charge in [0.25, 0.3) is 0 Å². The van der Waals surface area contributed by atoms with Crippen molar-refractivity contribution in [3.05, 3.63) is 119 Å². The van der Waals surface area contributed by atoms with Gasteiger partial charge in [0, 0.05) is 27.9 Å². The first-order chi connectivity index (χ1) is 21.4. The highest BCUT2D eigenvalue weighted by Gasteiger charge is 2.20. The van der Waals surface area contributed by atoms with Crippen LogP contribution in [-0.4, -0.2) is 49.5 Å². The molecule has 0 aliphatic heterocycles. The molecule has 0 fully saturated rings. The number of aromatic nitrogens is 6. The highest BCUT2D eigenvalue weighted by Crippen LogP contribution is 2.27. The van der Waals surface area contributed by atoms with Crippen LogP contribution < -0.4 is 10.6 Å². The van der Waals surface area contributed by atoms with Gasteiger partial charge in [-0.2, -0.15) is 15.0 Å². The number of benzene rings is 3. The second-order valence-corrected chi connectivity index (χ2v) is 9.82. The molecule has 13 heteroatoms. The minimum absolute atomic E-state index is 0.114. The molecule has 2 heterocycles. The molecule has 0 aliphatic rings. The van der Waals surface area contributed by atoms with Crippen LogP contribution in [0.15, 0.2) is 91.3 Å². The van der Waals surface area contributed by atoms with Crippen LogP contribution in [-0.2, 0) is 16.0 Å². The topological polar surface area (TPSA) is 161 Å². The molecule has 0 aliphatic carbocycles. The van der Waals surface area contributed by atoms with Crippen molar-refractivity contribution in [3.8, 4) is 22.9 Å². The zero-order chi connectivity index (χ0) is 30.9. The molecule has 12 nitrogen and oxygen atoms in total. The average molecular weight is 606 g/mol. The summed E-state index contributed by atoms with van der Waals surface area (Å²) in [6.07, 6.45) is 4.27. The van der Waals surface area contributed by atoms with Gasteiger partial charge in [0.05, 0.1) is 24.5 Å². The molecule has 1 unspecified atom stereocenters. The third kappa shape index (κ3) is 7.28. The second kappa shape index (κ2) is 13.8. The number of tetrazole rings is 1. The number of ether oxygens (including phenoxy) is 1. The van der Waals surface area contributed by atoms with Gasteiger partial charge in [0.15, 0.2) is 5.69 Å². The largest absolute Gasteiger partial charge is 0.453 e. The number of hydrogen-bond acceptors (Lipinski definition) is 9. The number of nitrogens with zero attached hydrogens (tertiary/aromatic N) is 7. The Balaban J connectivity index is 1.44. The van der Waals surface area contributed by atoms with E-state index >= 15 is 0 Å². The second-order valence-electron chi connectivity index (χ2n) is 9.38. The molecule has 2 amide bonds. The molecule has 0 bridgehead atoms. The van der Waals surface area contributed by atoms with E-state index in [-0.39, 0.29) is 11.6 Å². The van der Waals surface area contributed by atoms with Gasteiger partial charge in [0.2, 0.25) is 5.91 Å². The highest BCUT2D eigenvalue weighted by molar-refractivity contribution is 6.30. The molecule has 0 spiro atoms. The Morgan fingerprint density at radius 1 is 1.07 bits per heavy atom. The van der Waals surface area contributed by atoms with Crippen LogP contribution in [0.1, 0.15) is 28.6 Å². The van der Waals surface area contributed by atoms with E-state index in [1.807, 2.05) is 30.3 Å². The summed E-state index contributed by atoms with van der Waals surface area (Å²) in [6, 6.07) is 24.9. The van der Waals surface area contributed by atoms with Crippen LogP contribution in [0.3, 0.4) is 0 Å². The predicted octanol–water partition coefficient (Wildman–Crippen LogP) is 4.94. The van der Waals surface area contributed by atoms with Crippen molar-refractivity contribution in [2.24, 2.45) is 0 Å². The Kier molecular flexibility index (Phi) is 9.29. The predicted molar refractivity (Wildman–Crippen MR) is 162 cm³/mol. The van der Waals surface area contributed by atoms with Gasteiger partial charge >= 0.3 is 6.09 Å². The SMILES string of the molecule is COC(=O)Nc1ccc(-c2cc(C(Cc3ccccc3)NC(=O)/C=C/c3cc(Cl)ccc3-n3cnnn3)nnc2C#N)cc1. The van der Waals surface area contributed by atoms with Gasteiger partial charge < -0.3 is 10.1 Å². The van der Waals surface area contributed by atoms with Crippen molar-refractivity contribution < 1.29 is 14.3 Å². The fourth-order valence-corrected chi connectivity index (χ4v) is 4.57. The van der Waals surface area contributed by atoms with E-state index in [9.17, 15) is 14.9 Å². The highest BCUT2D eigenvalue weighted by atomic mass is 35.5. The van der Waals surface area contributed by atoms with Crippen molar-refractivity contribution in [3.63, 3.8) is 0 Å². The van der Waals surface area contributed by atoms with Crippen LogP contribution in [0.2, 0.25) is 5.02 Å². The van der Waals surface area contributed by atoms with Gasteiger partial charge in [0.1, 0.15) is 12.4 Å². The summed E-state index contributed by atoms with van der Waals surface area (Å²) < 4.78 is 6.10. The zero-order valence-corrected chi connectivity index (χ0v) is 24.0. The summed E-state index contributed by atoms with van der Waals surface area (Å²) >= 11 is 6.22. The standard InChI is InChI=1S/C31H24ClN9O3/c1-44-31(43)35-24-11-7-21(8-12-24)25-17-27(37-38-28(25)18-33)26(15-20-5-3-2-4-6-20)36-30(42)14-9-22-16-23(32)10-13-29(22)41-19-34-39-40-41/h2-14,16-17,19,26H,15H2,1H3,(H,35,43)(H,36,42)/b14-9+. The van der Waals surface area contributed by atoms with Gasteiger partial charge in [-0.05, 0) is 70.4 Å². The quantitative estimate of drug-likeness (QED) is 0.222. The minimum atomic E-state index is -0.598. The molecule has 5 rings (SSSR count). The van der Waals surface area contributed by atoms with Crippen LogP contribution in [0.25, 0.3) is 22.9 Å². The first-order valence-electron chi connectivity index (χ1n) is 13.2. The van der Waals surface area contributed by atoms with E-state index < -0.39 is 12.1 Å². The molecule has 218 valence electrons. The normalized spacial score (nSPS) is 11.5. The Bertz CT molecular complexity index is 1840. The number of carbonyl (C=O) groups excluding carboxylic acids is 2. The number of amides is 2. The maximum Gasteiger partial charge on any atom is 0.411 e. The number of rotatable bonds is 9. The number of hydrogen-bond donors (Lipinski definition) is 2. The Morgan fingerprint density at radius 2 is 1.86 bits per heavy atom. The van der Waals surface area contributed by atoms with E-state index in [1.165, 1.54) is 24.2 Å². The van der Waals surface area contributed by atoms with Crippen LogP contribution in [0, 0.1) is 11.3 Å². The van der Waals surface area contributed by atoms with E-state index in [0.29, 0.717) is 45.2 Å². The number of methoxy groups -OCH3 is 1. The molecule has 5 aromatic rings. The van der Waals surface area contributed by atoms with Gasteiger partial charge in [-0.25, -0.2) is 4.79 Å². The molecule has 3 aromatic carbocycles. The van der Waals surface area contributed by atoms with Crippen LogP contribution >= 0.6 is 11.6 Å². The summed E-state index contributed by atoms with van der Waals surface area (Å²) in [5, 5.41) is 35.6. The summed E-state index contributed by atoms with van der Waals surface area (Å²) in [6.45, 7) is 0. The minimum Gasteiger partial charge on any atom is -0.453 e. The molecular weight excluding hydrogens is 582 g/mol. The van der Waals surface area contributed by atoms with Gasteiger partial charge in [-0.3, -0.25) is 10.1 Å². The third-order valence-corrected chi connectivity index (χ3v) is 6.74. The summed E-state index contributed by atoms with van der Waals surface area (Å²) in [5.41, 5.74) is 4.52. The molecule has 0 saturated carbocycles. The maximum absolute atomic E-state index is 13.3. The number of anilines is 1. The van der Waals surface area contributed by atoms with E-state index in [1.54, 1.807) is 54.6 Å². The fourth-order valence-electron chi connectivity index (χ4n) is 4.39. The van der Waals surface area contributed by atoms with E-state index in [0.717, 1.165) is 5.56 Å². The number of halogens is 1. The smallest absolute Gasteiger partial charge is 0.411 e. The molecule has 44 heavy (non-hydrogen) atoms. The van der Waals surface area contributed by atoms with E-state index in [4.69, 9.17) is 11.6 Å². The Labute approximate surface area is 257 Å². The monoisotopic (exact) mass is 605 g/mol. The van der Waals surface area contributed by atoms with Gasteiger partial charge in [-0.15, -0.1) is 10.2 Å². The Hall–Kier alpha value is -5.93. The first kappa shape index (κ1) is 29.6. The number of nitriles is 1. The lowest BCUT2D eigenvalue weighted by molar-refractivity contribution is -0.117. The molecule has 2 N–H and O–H groups in total. The summed E-state index contributed by atoms with van der Waals surface area (Å²) in [7, 11) is 1.28. The van der Waals surface area contributed by atoms with Crippen LogP contribution in [0.4, 0.5) is 10.5 Å². The molecule has 0 radical (unpaired) electrons. The number of carbonyl (C=O) groups is 2. The van der Waals surface area contributed by atoms with Crippen LogP contribution in [0.5, 0.6) is 0 Å². The van der Waals surface area contributed by atoms with Crippen molar-refractivity contribution in [2.45, 2.75) is 12.5 Å². The number of nitrogens with one attached hydrogen (secondary N) is 2. The molecule has 1 atom stereocenters. The lowest BCUT2D eigenvalue weighted by Crippen LogP contribution is -2.29. The van der Waals surface area contributed by atoms with Crippen molar-refractivity contribution >= 4 is 35.4 Å². The summed E-state index contributed by atoms with van der Waals surface area (Å²) in [4.78, 5) is 24.8. The zero-order valence-electron chi connectivity index (χ0n) is 23.3. The lowest BCUT2D eigenvalue weighted by atomic mass is 9.98. The van der Waals surface area contributed by atoms with Crippen molar-refractivity contribution in [1.82, 2.24) is 35.7 Å². The molecule has 2 aromatic heterocycles.